The summed E-state index contributed by atoms with van der Waals surface area (Å²) < 4.78 is 0.957. The summed E-state index contributed by atoms with van der Waals surface area (Å²) in [6, 6.07) is 7.78. The highest BCUT2D eigenvalue weighted by Gasteiger charge is 2.19. The molecule has 0 spiro atoms. The van der Waals surface area contributed by atoms with Crippen LogP contribution in [0.15, 0.2) is 33.5 Å². The number of aryl methyl sites for hydroxylation is 1. The second-order valence-electron chi connectivity index (χ2n) is 5.22. The number of fused-ring (bicyclic) bond motifs is 1. The van der Waals surface area contributed by atoms with Crippen molar-refractivity contribution in [1.29, 1.82) is 0 Å². The molecule has 2 N–H and O–H groups in total. The third-order valence-electron chi connectivity index (χ3n) is 3.59. The number of aromatic amines is 1. The molecule has 1 aromatic carbocycles. The third kappa shape index (κ3) is 3.56. The lowest BCUT2D eigenvalue weighted by atomic mass is 10.2. The van der Waals surface area contributed by atoms with Gasteiger partial charge in [-0.05, 0) is 42.5 Å². The van der Waals surface area contributed by atoms with Gasteiger partial charge in [0.15, 0.2) is 0 Å². The fourth-order valence-corrected chi connectivity index (χ4v) is 4.42. The Morgan fingerprint density at radius 3 is 2.84 bits per heavy atom. The van der Waals surface area contributed by atoms with Gasteiger partial charge >= 0.3 is 5.97 Å². The third-order valence-corrected chi connectivity index (χ3v) is 6.01. The number of hydrogen-bond donors (Lipinski definition) is 2. The molecule has 0 saturated carbocycles. The summed E-state index contributed by atoms with van der Waals surface area (Å²) in [6.07, 6.45) is 3.83. The van der Waals surface area contributed by atoms with Gasteiger partial charge in [-0.15, -0.1) is 23.1 Å². The van der Waals surface area contributed by atoms with Crippen LogP contribution in [0.2, 0.25) is 0 Å². The standard InChI is InChI=1S/C17H13BrN2O3S2/c1-8-12-15(21)19-14(20-16(12)25-13(8)17(22)23)11(24-2)7-9-4-3-5-10(18)6-9/h3-7H,1-2H3,(H,22,23)(H,19,20,21)/b11-7-. The van der Waals surface area contributed by atoms with Crippen molar-refractivity contribution >= 4 is 66.2 Å². The average molecular weight is 437 g/mol. The molecule has 0 radical (unpaired) electrons. The molecular formula is C17H13BrN2O3S2. The minimum absolute atomic E-state index is 0.145. The maximum Gasteiger partial charge on any atom is 0.346 e. The smallest absolute Gasteiger partial charge is 0.346 e. The summed E-state index contributed by atoms with van der Waals surface area (Å²) in [5.74, 6) is -0.612. The van der Waals surface area contributed by atoms with Gasteiger partial charge in [0.2, 0.25) is 0 Å². The molecule has 5 nitrogen and oxygen atoms in total. The van der Waals surface area contributed by atoms with Gasteiger partial charge in [-0.25, -0.2) is 9.78 Å². The number of benzene rings is 1. The first-order valence-corrected chi connectivity index (χ1v) is 10.0. The van der Waals surface area contributed by atoms with Crippen LogP contribution in [0, 0.1) is 6.92 Å². The molecule has 0 aliphatic carbocycles. The highest BCUT2D eigenvalue weighted by molar-refractivity contribution is 9.10. The first-order chi connectivity index (χ1) is 11.9. The van der Waals surface area contributed by atoms with E-state index in [9.17, 15) is 14.7 Å². The minimum Gasteiger partial charge on any atom is -0.477 e. The Bertz CT molecular complexity index is 1070. The van der Waals surface area contributed by atoms with Crippen molar-refractivity contribution in [3.05, 3.63) is 60.9 Å². The Hall–Kier alpha value is -1.90. The molecule has 128 valence electrons. The Morgan fingerprint density at radius 2 is 2.20 bits per heavy atom. The van der Waals surface area contributed by atoms with Crippen LogP contribution in [0.4, 0.5) is 0 Å². The van der Waals surface area contributed by atoms with Crippen LogP contribution >= 0.6 is 39.0 Å². The molecule has 25 heavy (non-hydrogen) atoms. The maximum atomic E-state index is 12.5. The minimum atomic E-state index is -1.05. The number of hydrogen-bond acceptors (Lipinski definition) is 5. The topological polar surface area (TPSA) is 83.0 Å². The number of carboxylic acid groups (broad SMARTS) is 1. The van der Waals surface area contributed by atoms with Crippen LogP contribution in [-0.2, 0) is 0 Å². The summed E-state index contributed by atoms with van der Waals surface area (Å²) in [5.41, 5.74) is 1.10. The maximum absolute atomic E-state index is 12.5. The van der Waals surface area contributed by atoms with E-state index in [1.807, 2.05) is 36.6 Å². The number of aromatic carboxylic acids is 1. The van der Waals surface area contributed by atoms with Crippen molar-refractivity contribution in [2.24, 2.45) is 0 Å². The molecule has 0 unspecified atom stereocenters. The fraction of sp³-hybridized carbons (Fsp3) is 0.118. The SMILES string of the molecule is CS/C(=C\c1cccc(Br)c1)c1nc2sc(C(=O)O)c(C)c2c(=O)[nH]1. The van der Waals surface area contributed by atoms with E-state index in [4.69, 9.17) is 0 Å². The number of aromatic nitrogens is 2. The molecule has 3 aromatic rings. The summed E-state index contributed by atoms with van der Waals surface area (Å²) in [4.78, 5) is 32.4. The van der Waals surface area contributed by atoms with Gasteiger partial charge < -0.3 is 10.1 Å². The molecule has 2 aromatic heterocycles. The van der Waals surface area contributed by atoms with Crippen LogP contribution in [0.25, 0.3) is 21.2 Å². The quantitative estimate of drug-likeness (QED) is 0.623. The van der Waals surface area contributed by atoms with Gasteiger partial charge in [-0.2, -0.15) is 0 Å². The number of H-pyrrole nitrogens is 1. The predicted octanol–water partition coefficient (Wildman–Crippen LogP) is 4.61. The van der Waals surface area contributed by atoms with Gasteiger partial charge in [0.1, 0.15) is 15.5 Å². The van der Waals surface area contributed by atoms with Gasteiger partial charge in [0, 0.05) is 4.47 Å². The zero-order valence-corrected chi connectivity index (χ0v) is 16.5. The molecule has 0 amide bonds. The molecule has 0 saturated heterocycles. The Balaban J connectivity index is 2.17. The van der Waals surface area contributed by atoms with Crippen LogP contribution < -0.4 is 5.56 Å². The van der Waals surface area contributed by atoms with Crippen molar-refractivity contribution in [3.63, 3.8) is 0 Å². The molecule has 0 aliphatic heterocycles. The molecule has 2 heterocycles. The van der Waals surface area contributed by atoms with E-state index in [0.29, 0.717) is 21.6 Å². The summed E-state index contributed by atoms with van der Waals surface area (Å²) in [5, 5.41) is 9.60. The zero-order chi connectivity index (χ0) is 18.1. The van der Waals surface area contributed by atoms with Gasteiger partial charge in [0.25, 0.3) is 5.56 Å². The fourth-order valence-electron chi connectivity index (χ4n) is 2.44. The molecule has 8 heteroatoms. The van der Waals surface area contributed by atoms with Gasteiger partial charge in [-0.3, -0.25) is 4.79 Å². The Morgan fingerprint density at radius 1 is 1.44 bits per heavy atom. The van der Waals surface area contributed by atoms with E-state index in [1.54, 1.807) is 6.92 Å². The van der Waals surface area contributed by atoms with Crippen molar-refractivity contribution in [1.82, 2.24) is 9.97 Å². The number of carbonyl (C=O) groups is 1. The Labute approximate surface area is 159 Å². The number of nitrogens with one attached hydrogen (secondary N) is 1. The number of rotatable bonds is 4. The van der Waals surface area contributed by atoms with Crippen molar-refractivity contribution < 1.29 is 9.90 Å². The summed E-state index contributed by atoms with van der Waals surface area (Å²) >= 11 is 5.92. The second-order valence-corrected chi connectivity index (χ2v) is 7.99. The number of halogens is 1. The van der Waals surface area contributed by atoms with Crippen molar-refractivity contribution in [2.75, 3.05) is 6.26 Å². The van der Waals surface area contributed by atoms with Gasteiger partial charge in [0.05, 0.1) is 10.3 Å². The van der Waals surface area contributed by atoms with E-state index in [2.05, 4.69) is 25.9 Å². The highest BCUT2D eigenvalue weighted by Crippen LogP contribution is 2.30. The second kappa shape index (κ2) is 7.15. The lowest BCUT2D eigenvalue weighted by Crippen LogP contribution is -2.10. The first kappa shape index (κ1) is 17.9. The first-order valence-electron chi connectivity index (χ1n) is 7.19. The molecule has 0 atom stereocenters. The van der Waals surface area contributed by atoms with Crippen LogP contribution in [0.3, 0.4) is 0 Å². The highest BCUT2D eigenvalue weighted by atomic mass is 79.9. The molecular weight excluding hydrogens is 424 g/mol. The normalized spacial score (nSPS) is 11.9. The van der Waals surface area contributed by atoms with E-state index < -0.39 is 5.97 Å². The zero-order valence-electron chi connectivity index (χ0n) is 13.3. The number of thiophene rings is 1. The number of carboxylic acids is 1. The van der Waals surface area contributed by atoms with E-state index in [1.165, 1.54) is 11.8 Å². The van der Waals surface area contributed by atoms with Crippen LogP contribution in [0.5, 0.6) is 0 Å². The van der Waals surface area contributed by atoms with E-state index in [-0.39, 0.29) is 10.4 Å². The number of thioether (sulfide) groups is 1. The lowest BCUT2D eigenvalue weighted by Gasteiger charge is -2.04. The average Bonchev–Trinajstić information content (AvgIpc) is 2.90. The van der Waals surface area contributed by atoms with Crippen LogP contribution in [0.1, 0.15) is 26.6 Å². The molecule has 0 aliphatic rings. The predicted molar refractivity (Wildman–Crippen MR) is 107 cm³/mol. The monoisotopic (exact) mass is 436 g/mol. The van der Waals surface area contributed by atoms with Crippen LogP contribution in [-0.4, -0.2) is 27.3 Å². The molecule has 0 bridgehead atoms. The largest absolute Gasteiger partial charge is 0.477 e. The summed E-state index contributed by atoms with van der Waals surface area (Å²) in [7, 11) is 0. The summed E-state index contributed by atoms with van der Waals surface area (Å²) in [6.45, 7) is 1.63. The van der Waals surface area contributed by atoms with Crippen molar-refractivity contribution in [3.8, 4) is 0 Å². The van der Waals surface area contributed by atoms with E-state index >= 15 is 0 Å². The Kier molecular flexibility index (Phi) is 5.12. The molecule has 0 fully saturated rings. The van der Waals surface area contributed by atoms with Crippen molar-refractivity contribution in [2.45, 2.75) is 6.92 Å². The van der Waals surface area contributed by atoms with E-state index in [0.717, 1.165) is 26.3 Å². The number of nitrogens with zero attached hydrogens (tertiary/aromatic N) is 1. The van der Waals surface area contributed by atoms with Gasteiger partial charge in [-0.1, -0.05) is 28.1 Å². The lowest BCUT2D eigenvalue weighted by molar-refractivity contribution is 0.0701. The molecule has 3 rings (SSSR count).